The fourth-order valence-electron chi connectivity index (χ4n) is 3.14. The maximum absolute atomic E-state index is 12.7. The number of ether oxygens (including phenoxy) is 1. The molecule has 172 valence electrons. The average Bonchev–Trinajstić information content (AvgIpc) is 2.78. The summed E-state index contributed by atoms with van der Waals surface area (Å²) in [6, 6.07) is 17.5. The van der Waals surface area contributed by atoms with E-state index in [0.717, 1.165) is 17.4 Å². The Hall–Kier alpha value is -3.92. The Kier molecular flexibility index (Phi) is 6.98. The van der Waals surface area contributed by atoms with E-state index in [2.05, 4.69) is 5.32 Å². The summed E-state index contributed by atoms with van der Waals surface area (Å²) in [5.74, 6) is -0.253. The summed E-state index contributed by atoms with van der Waals surface area (Å²) in [6.45, 7) is 2.10. The Morgan fingerprint density at radius 2 is 1.70 bits per heavy atom. The first kappa shape index (κ1) is 23.7. The number of carbonyl (C=O) groups excluding carboxylic acids is 1. The molecule has 0 spiro atoms. The van der Waals surface area contributed by atoms with Crippen LogP contribution in [0.25, 0.3) is 0 Å². The van der Waals surface area contributed by atoms with Crippen molar-refractivity contribution < 1.29 is 22.9 Å². The van der Waals surface area contributed by atoms with E-state index in [1.807, 2.05) is 31.2 Å². The van der Waals surface area contributed by atoms with E-state index in [-0.39, 0.29) is 29.2 Å². The molecule has 33 heavy (non-hydrogen) atoms. The Morgan fingerprint density at radius 3 is 2.24 bits per heavy atom. The van der Waals surface area contributed by atoms with Crippen LogP contribution in [0.1, 0.15) is 21.5 Å². The summed E-state index contributed by atoms with van der Waals surface area (Å²) in [4.78, 5) is 23.2. The highest BCUT2D eigenvalue weighted by atomic mass is 32.2. The molecule has 0 bridgehead atoms. The molecule has 3 aromatic carbocycles. The number of rotatable bonds is 8. The summed E-state index contributed by atoms with van der Waals surface area (Å²) < 4.78 is 31.2. The van der Waals surface area contributed by atoms with Crippen LogP contribution in [0.3, 0.4) is 0 Å². The molecule has 10 heteroatoms. The van der Waals surface area contributed by atoms with Crippen LogP contribution in [0.5, 0.6) is 5.75 Å². The van der Waals surface area contributed by atoms with Gasteiger partial charge in [-0.2, -0.15) is 0 Å². The fraction of sp³-hybridized carbons (Fsp3) is 0.174. The van der Waals surface area contributed by atoms with Gasteiger partial charge in [0.1, 0.15) is 5.75 Å². The molecule has 0 aliphatic carbocycles. The molecule has 0 saturated carbocycles. The van der Waals surface area contributed by atoms with Crippen LogP contribution in [0, 0.1) is 17.0 Å². The fourth-order valence-corrected chi connectivity index (χ4v) is 4.03. The molecule has 0 fully saturated rings. The van der Waals surface area contributed by atoms with Gasteiger partial charge in [0, 0.05) is 17.7 Å². The second-order valence-corrected chi connectivity index (χ2v) is 9.30. The predicted octanol–water partition coefficient (Wildman–Crippen LogP) is 4.13. The molecular weight excluding hydrogens is 446 g/mol. The summed E-state index contributed by atoms with van der Waals surface area (Å²) in [5.41, 5.74) is 2.50. The van der Waals surface area contributed by atoms with Gasteiger partial charge in [0.05, 0.1) is 36.2 Å². The molecule has 0 saturated heterocycles. The first-order valence-corrected chi connectivity index (χ1v) is 11.7. The van der Waals surface area contributed by atoms with Gasteiger partial charge in [0.15, 0.2) is 0 Å². The highest BCUT2D eigenvalue weighted by Gasteiger charge is 2.19. The number of nitro groups is 1. The minimum Gasteiger partial charge on any atom is -0.495 e. The zero-order chi connectivity index (χ0) is 24.2. The molecule has 0 unspecified atom stereocenters. The average molecular weight is 470 g/mol. The predicted molar refractivity (Wildman–Crippen MR) is 126 cm³/mol. The second-order valence-electron chi connectivity index (χ2n) is 7.40. The molecular formula is C23H23N3O6S. The highest BCUT2D eigenvalue weighted by Crippen LogP contribution is 2.29. The summed E-state index contributed by atoms with van der Waals surface area (Å²) >= 11 is 0. The summed E-state index contributed by atoms with van der Waals surface area (Å²) in [5, 5.41) is 13.6. The largest absolute Gasteiger partial charge is 0.495 e. The van der Waals surface area contributed by atoms with E-state index in [1.54, 1.807) is 0 Å². The van der Waals surface area contributed by atoms with E-state index in [1.165, 1.54) is 53.9 Å². The number of anilines is 2. The Labute approximate surface area is 191 Å². The highest BCUT2D eigenvalue weighted by molar-refractivity contribution is 7.92. The number of nitrogens with zero attached hydrogens (tertiary/aromatic N) is 2. The molecule has 9 nitrogen and oxygen atoms in total. The van der Waals surface area contributed by atoms with Gasteiger partial charge in [-0.05, 0) is 42.8 Å². The number of methoxy groups -OCH3 is 1. The van der Waals surface area contributed by atoms with Crippen molar-refractivity contribution in [1.29, 1.82) is 0 Å². The number of sulfonamides is 1. The van der Waals surface area contributed by atoms with Crippen molar-refractivity contribution in [2.45, 2.75) is 13.5 Å². The van der Waals surface area contributed by atoms with Crippen LogP contribution in [0.15, 0.2) is 66.7 Å². The van der Waals surface area contributed by atoms with Crippen molar-refractivity contribution in [3.05, 3.63) is 93.5 Å². The van der Waals surface area contributed by atoms with Crippen molar-refractivity contribution >= 4 is 33.0 Å². The molecule has 1 N–H and O–H groups in total. The quantitative estimate of drug-likeness (QED) is 0.391. The van der Waals surface area contributed by atoms with E-state index in [4.69, 9.17) is 4.74 Å². The Bertz CT molecular complexity index is 1270. The van der Waals surface area contributed by atoms with Crippen LogP contribution < -0.4 is 14.4 Å². The van der Waals surface area contributed by atoms with Crippen molar-refractivity contribution in [2.75, 3.05) is 23.0 Å². The number of non-ortho nitro benzene ring substituents is 1. The number of nitrogens with one attached hydrogen (secondary N) is 1. The normalized spacial score (nSPS) is 11.0. The summed E-state index contributed by atoms with van der Waals surface area (Å²) in [6.07, 6.45) is 1.12. The Morgan fingerprint density at radius 1 is 1.06 bits per heavy atom. The van der Waals surface area contributed by atoms with Crippen molar-refractivity contribution in [3.63, 3.8) is 0 Å². The third-order valence-electron chi connectivity index (χ3n) is 4.91. The first-order valence-electron chi connectivity index (χ1n) is 9.85. The number of carbonyl (C=O) groups is 1. The third kappa shape index (κ3) is 5.86. The van der Waals surface area contributed by atoms with E-state index in [0.29, 0.717) is 5.69 Å². The van der Waals surface area contributed by atoms with Gasteiger partial charge in [-0.25, -0.2) is 8.42 Å². The van der Waals surface area contributed by atoms with Gasteiger partial charge in [-0.3, -0.25) is 19.2 Å². The molecule has 0 radical (unpaired) electrons. The van der Waals surface area contributed by atoms with Crippen molar-refractivity contribution in [3.8, 4) is 5.75 Å². The molecule has 0 atom stereocenters. The van der Waals surface area contributed by atoms with Gasteiger partial charge in [-0.1, -0.05) is 29.8 Å². The number of hydrogen-bond acceptors (Lipinski definition) is 6. The van der Waals surface area contributed by atoms with Gasteiger partial charge < -0.3 is 10.1 Å². The van der Waals surface area contributed by atoms with Gasteiger partial charge >= 0.3 is 0 Å². The van der Waals surface area contributed by atoms with Gasteiger partial charge in [0.25, 0.3) is 11.6 Å². The number of nitro benzene ring substituents is 1. The minimum absolute atomic E-state index is 0.148. The monoisotopic (exact) mass is 469 g/mol. The van der Waals surface area contributed by atoms with Crippen LogP contribution >= 0.6 is 0 Å². The van der Waals surface area contributed by atoms with Crippen LogP contribution in [-0.4, -0.2) is 32.6 Å². The van der Waals surface area contributed by atoms with E-state index >= 15 is 0 Å². The van der Waals surface area contributed by atoms with Gasteiger partial charge in [0.2, 0.25) is 10.0 Å². The van der Waals surface area contributed by atoms with Crippen LogP contribution in [0.4, 0.5) is 17.1 Å². The molecule has 0 aromatic heterocycles. The summed E-state index contributed by atoms with van der Waals surface area (Å²) in [7, 11) is -2.19. The molecule has 0 aliphatic heterocycles. The van der Waals surface area contributed by atoms with Crippen molar-refractivity contribution in [1.82, 2.24) is 0 Å². The van der Waals surface area contributed by atoms with E-state index < -0.39 is 20.9 Å². The number of amides is 1. The number of hydrogen-bond donors (Lipinski definition) is 1. The Balaban J connectivity index is 1.83. The first-order chi connectivity index (χ1) is 15.6. The molecule has 0 aliphatic rings. The number of aryl methyl sites for hydroxylation is 1. The van der Waals surface area contributed by atoms with Gasteiger partial charge in [-0.15, -0.1) is 0 Å². The van der Waals surface area contributed by atoms with E-state index in [9.17, 15) is 23.3 Å². The molecule has 1 amide bonds. The topological polar surface area (TPSA) is 119 Å². The third-order valence-corrected chi connectivity index (χ3v) is 6.05. The van der Waals surface area contributed by atoms with Crippen LogP contribution in [-0.2, 0) is 16.6 Å². The maximum atomic E-state index is 12.7. The standard InChI is InChI=1S/C23H23N3O6S/c1-16-4-6-17(7-5-16)15-25(33(3,30)31)19-10-8-18(9-11-19)23(27)24-21-14-20(26(28)29)12-13-22(21)32-2/h4-14H,15H2,1-3H3,(H,24,27). The minimum atomic E-state index is -3.58. The van der Waals surface area contributed by atoms with Crippen LogP contribution in [0.2, 0.25) is 0 Å². The lowest BCUT2D eigenvalue weighted by atomic mass is 10.1. The van der Waals surface area contributed by atoms with Crippen molar-refractivity contribution in [2.24, 2.45) is 0 Å². The zero-order valence-corrected chi connectivity index (χ0v) is 19.1. The second kappa shape index (κ2) is 9.70. The molecule has 0 heterocycles. The lowest BCUT2D eigenvalue weighted by Gasteiger charge is -2.23. The molecule has 3 rings (SSSR count). The lowest BCUT2D eigenvalue weighted by Crippen LogP contribution is -2.29. The zero-order valence-electron chi connectivity index (χ0n) is 18.3. The SMILES string of the molecule is COc1ccc([N+](=O)[O-])cc1NC(=O)c1ccc(N(Cc2ccc(C)cc2)S(C)(=O)=O)cc1. The number of benzene rings is 3. The smallest absolute Gasteiger partial charge is 0.271 e. The lowest BCUT2D eigenvalue weighted by molar-refractivity contribution is -0.384. The maximum Gasteiger partial charge on any atom is 0.271 e. The molecule has 3 aromatic rings.